The number of carbonyl (C=O) groups excluding carboxylic acids is 6. The fourth-order valence-corrected chi connectivity index (χ4v) is 14.2. The molecule has 26 nitrogen and oxygen atoms in total. The van der Waals surface area contributed by atoms with Gasteiger partial charge < -0.3 is 62.5 Å². The van der Waals surface area contributed by atoms with Gasteiger partial charge >= 0.3 is 20.8 Å². The number of anilines is 2. The third-order valence-electron chi connectivity index (χ3n) is 7.42. The van der Waals surface area contributed by atoms with E-state index >= 15 is 0 Å². The average Bonchev–Trinajstić information content (AvgIpc) is 3.21. The molecule has 0 spiro atoms. The Morgan fingerprint density at radius 3 is 1.06 bits per heavy atom. The first-order chi connectivity index (χ1) is 30.4. The molecular weight excluding hydrogens is 1610 g/mol. The van der Waals surface area contributed by atoms with E-state index in [0.717, 1.165) is 0 Å². The minimum absolute atomic E-state index is 0.00359. The Balaban J connectivity index is 0.000000660. The summed E-state index contributed by atoms with van der Waals surface area (Å²) >= 11 is 10.8. The topological polar surface area (TPSA) is 423 Å². The predicted molar refractivity (Wildman–Crippen MR) is 280 cm³/mol. The van der Waals surface area contributed by atoms with Crippen LogP contribution in [-0.4, -0.2) is 169 Å². The number of benzene rings is 2. The molecule has 34 heteroatoms. The molecule has 0 aliphatic carbocycles. The molecular formula is C32H40I6N6O20S2. The standard InChI is InChI=1S/2C16H20I3N3O10S/c1-6(24)22-14-12(18)9(15(27)20-2-7(25)4-23)11(17)10(13(14)19)16(28)21-3-8(26)5-32-33(29,30)31;1-6(25)22-14-12(18)9(15(27)20-2-7(26)4-23)11(17)10(13(14)19)16(28)21-3-8(5-24)32-33(29,30)31/h7-8,23,25-26H,2-5H2,1H3,(H,20,27)(H,21,28)(H,22,24)(H,29,30,31);7-8,23-24,26H,2-5H2,1H3,(H,20,27)(H,21,28)(H,22,25)(H,29,30,31). The van der Waals surface area contributed by atoms with Crippen molar-refractivity contribution in [1.82, 2.24) is 21.3 Å². The first-order valence-corrected chi connectivity index (χ1v) is 26.9. The lowest BCUT2D eigenvalue weighted by Gasteiger charge is -2.20. The van der Waals surface area contributed by atoms with Crippen molar-refractivity contribution in [1.29, 1.82) is 0 Å². The van der Waals surface area contributed by atoms with Gasteiger partial charge in [0, 0.05) is 47.2 Å². The molecule has 0 aliphatic rings. The number of hydrogen-bond acceptors (Lipinski definition) is 18. The Kier molecular flexibility index (Phi) is 28.2. The maximum Gasteiger partial charge on any atom is 0.397 e. The molecule has 0 aromatic heterocycles. The van der Waals surface area contributed by atoms with Crippen LogP contribution in [0.4, 0.5) is 11.4 Å². The van der Waals surface area contributed by atoms with E-state index in [1.807, 2.05) is 67.8 Å². The van der Waals surface area contributed by atoms with E-state index in [2.05, 4.69) is 40.3 Å². The third kappa shape index (κ3) is 20.8. The minimum atomic E-state index is -4.88. The molecule has 4 atom stereocenters. The van der Waals surface area contributed by atoms with Crippen LogP contribution in [0.3, 0.4) is 0 Å². The normalized spacial score (nSPS) is 13.2. The van der Waals surface area contributed by atoms with Gasteiger partial charge in [-0.15, -0.1) is 0 Å². The molecule has 0 aliphatic heterocycles. The van der Waals surface area contributed by atoms with E-state index in [1.165, 1.54) is 13.8 Å². The molecule has 0 fully saturated rings. The highest BCUT2D eigenvalue weighted by atomic mass is 127. The monoisotopic (exact) mass is 1650 g/mol. The average molecular weight is 1650 g/mol. The van der Waals surface area contributed by atoms with Crippen molar-refractivity contribution in [3.05, 3.63) is 43.7 Å². The Bertz CT molecular complexity index is 2370. The van der Waals surface area contributed by atoms with Gasteiger partial charge in [-0.1, -0.05) is 0 Å². The zero-order chi connectivity index (χ0) is 51.0. The quantitative estimate of drug-likeness (QED) is 0.0492. The second-order valence-corrected chi connectivity index (χ2v) is 21.3. The Hall–Kier alpha value is -0.860. The van der Waals surface area contributed by atoms with E-state index < -0.39 is 120 Å². The van der Waals surface area contributed by atoms with Crippen LogP contribution < -0.4 is 31.9 Å². The summed E-state index contributed by atoms with van der Waals surface area (Å²) in [6, 6.07) is 0. The smallest absolute Gasteiger partial charge is 0.394 e. The summed E-state index contributed by atoms with van der Waals surface area (Å²) in [6.07, 6.45) is -5.35. The van der Waals surface area contributed by atoms with Crippen LogP contribution in [-0.2, 0) is 38.8 Å². The lowest BCUT2D eigenvalue weighted by atomic mass is 10.1. The molecule has 2 rings (SSSR count). The first kappa shape index (κ1) is 63.2. The summed E-state index contributed by atoms with van der Waals surface area (Å²) in [4.78, 5) is 74.7. The molecule has 6 amide bonds. The lowest BCUT2D eigenvalue weighted by Crippen LogP contribution is -2.38. The van der Waals surface area contributed by atoms with E-state index in [9.17, 15) is 66.0 Å². The fourth-order valence-electron chi connectivity index (χ4n) is 4.54. The molecule has 0 saturated heterocycles. The number of aliphatic hydroxyl groups excluding tert-OH is 6. The number of nitrogens with one attached hydrogen (secondary N) is 6. The van der Waals surface area contributed by atoms with Gasteiger partial charge in [-0.05, 0) is 136 Å². The first-order valence-electron chi connectivity index (χ1n) is 17.7. The molecule has 372 valence electrons. The van der Waals surface area contributed by atoms with Crippen molar-refractivity contribution < 1.29 is 93.7 Å². The highest BCUT2D eigenvalue weighted by Gasteiger charge is 2.31. The van der Waals surface area contributed by atoms with Crippen molar-refractivity contribution in [2.45, 2.75) is 38.3 Å². The van der Waals surface area contributed by atoms with E-state index in [1.54, 1.807) is 67.8 Å². The van der Waals surface area contributed by atoms with Gasteiger partial charge in [-0.2, -0.15) is 16.8 Å². The number of hydrogen-bond donors (Lipinski definition) is 14. The van der Waals surface area contributed by atoms with Crippen LogP contribution in [0.15, 0.2) is 0 Å². The van der Waals surface area contributed by atoms with Gasteiger partial charge in [-0.25, -0.2) is 8.37 Å². The number of amides is 6. The highest BCUT2D eigenvalue weighted by Crippen LogP contribution is 2.37. The Morgan fingerprint density at radius 2 is 0.803 bits per heavy atom. The van der Waals surface area contributed by atoms with Crippen molar-refractivity contribution in [3.8, 4) is 0 Å². The maximum absolute atomic E-state index is 12.9. The molecule has 2 aromatic rings. The molecule has 14 N–H and O–H groups in total. The molecule has 66 heavy (non-hydrogen) atoms. The third-order valence-corrected chi connectivity index (χ3v) is 14.8. The summed E-state index contributed by atoms with van der Waals surface area (Å²) in [6.45, 7) is -1.80. The van der Waals surface area contributed by atoms with Gasteiger partial charge in [0.15, 0.2) is 0 Å². The maximum atomic E-state index is 12.9. The van der Waals surface area contributed by atoms with Crippen LogP contribution >= 0.6 is 136 Å². The summed E-state index contributed by atoms with van der Waals surface area (Å²) in [5.41, 5.74) is 0.384. The second kappa shape index (κ2) is 29.5. The van der Waals surface area contributed by atoms with Crippen molar-refractivity contribution in [2.24, 2.45) is 0 Å². The molecule has 4 unspecified atom stereocenters. The van der Waals surface area contributed by atoms with Gasteiger partial charge in [0.2, 0.25) is 11.8 Å². The second-order valence-electron chi connectivity index (χ2n) is 12.7. The zero-order valence-corrected chi connectivity index (χ0v) is 48.1. The summed E-state index contributed by atoms with van der Waals surface area (Å²) in [5, 5.41) is 70.5. The van der Waals surface area contributed by atoms with Gasteiger partial charge in [0.05, 0.1) is 92.6 Å². The van der Waals surface area contributed by atoms with Crippen LogP contribution in [0.1, 0.15) is 55.3 Å². The summed E-state index contributed by atoms with van der Waals surface area (Å²) < 4.78 is 70.1. The van der Waals surface area contributed by atoms with Crippen LogP contribution in [0, 0.1) is 21.4 Å². The largest absolute Gasteiger partial charge is 0.397 e. The number of rotatable bonds is 22. The van der Waals surface area contributed by atoms with Gasteiger partial charge in [-0.3, -0.25) is 37.9 Å². The Labute approximate surface area is 457 Å². The molecule has 0 saturated carbocycles. The lowest BCUT2D eigenvalue weighted by molar-refractivity contribution is -0.115. The van der Waals surface area contributed by atoms with Crippen molar-refractivity contribution in [2.75, 3.05) is 63.2 Å². The fraction of sp³-hybridized carbons (Fsp3) is 0.438. The predicted octanol–water partition coefficient (Wildman–Crippen LogP) is -1.10. The van der Waals surface area contributed by atoms with E-state index in [0.29, 0.717) is 10.7 Å². The Morgan fingerprint density at radius 1 is 0.500 bits per heavy atom. The van der Waals surface area contributed by atoms with Crippen LogP contribution in [0.2, 0.25) is 0 Å². The molecule has 0 heterocycles. The highest BCUT2D eigenvalue weighted by molar-refractivity contribution is 14.1. The van der Waals surface area contributed by atoms with E-state index in [-0.39, 0.29) is 57.4 Å². The summed E-state index contributed by atoms with van der Waals surface area (Å²) in [7, 11) is -9.65. The minimum Gasteiger partial charge on any atom is -0.394 e. The number of halogens is 6. The summed E-state index contributed by atoms with van der Waals surface area (Å²) in [5.74, 6) is -3.82. The molecule has 0 radical (unpaired) electrons. The number of aliphatic hydroxyl groups is 6. The zero-order valence-electron chi connectivity index (χ0n) is 33.5. The number of carbonyl (C=O) groups is 6. The van der Waals surface area contributed by atoms with Crippen LogP contribution in [0.25, 0.3) is 0 Å². The van der Waals surface area contributed by atoms with Gasteiger partial charge in [0.25, 0.3) is 23.6 Å². The van der Waals surface area contributed by atoms with E-state index in [4.69, 9.17) is 19.3 Å². The van der Waals surface area contributed by atoms with Crippen LogP contribution in [0.5, 0.6) is 0 Å². The molecule has 2 aromatic carbocycles. The molecule has 0 bridgehead atoms. The van der Waals surface area contributed by atoms with Crippen molar-refractivity contribution >= 4 is 203 Å². The van der Waals surface area contributed by atoms with Gasteiger partial charge in [0.1, 0.15) is 6.10 Å². The van der Waals surface area contributed by atoms with Crippen molar-refractivity contribution in [3.63, 3.8) is 0 Å². The SMILES string of the molecule is CC(=O)Nc1c(I)c(C(=O)NCC(O)CO)c(I)c(C(=O)NCC(CO)OS(=O)(=O)O)c1I.CC(=O)Nc1c(I)c(C(=O)NCC(O)CO)c(I)c(C(=O)NCC(O)COS(=O)(=O)O)c1I.